The molecule has 0 radical (unpaired) electrons. The second-order valence-electron chi connectivity index (χ2n) is 4.78. The molecule has 0 atom stereocenters. The largest absolute Gasteiger partial charge is 0.384 e. The van der Waals surface area contributed by atoms with Crippen LogP contribution in [0.15, 0.2) is 40.6 Å². The summed E-state index contributed by atoms with van der Waals surface area (Å²) in [4.78, 5) is 8.87. The molecule has 2 N–H and O–H groups in total. The van der Waals surface area contributed by atoms with Crippen LogP contribution >= 0.6 is 11.8 Å². The van der Waals surface area contributed by atoms with Crippen LogP contribution in [-0.4, -0.2) is 24.6 Å². The van der Waals surface area contributed by atoms with E-state index < -0.39 is 0 Å². The van der Waals surface area contributed by atoms with Crippen molar-refractivity contribution >= 4 is 23.2 Å². The molecule has 0 saturated heterocycles. The first-order chi connectivity index (χ1) is 9.79. The summed E-state index contributed by atoms with van der Waals surface area (Å²) in [7, 11) is 0. The molecule has 6 nitrogen and oxygen atoms in total. The fourth-order valence-corrected chi connectivity index (χ4v) is 2.86. The number of hydrogen-bond donors (Lipinski definition) is 1. The predicted molar refractivity (Wildman–Crippen MR) is 75.5 cm³/mol. The Bertz CT molecular complexity index is 779. The van der Waals surface area contributed by atoms with E-state index in [4.69, 9.17) is 5.73 Å². The SMILES string of the molecule is Nc1cc(Sc2nnc3ccccn23)nc(C2CC2)n1. The summed E-state index contributed by atoms with van der Waals surface area (Å²) in [6.07, 6.45) is 4.24. The van der Waals surface area contributed by atoms with Crippen molar-refractivity contribution in [1.82, 2.24) is 24.6 Å². The van der Waals surface area contributed by atoms with E-state index in [-0.39, 0.29) is 0 Å². The number of nitrogens with two attached hydrogens (primary N) is 1. The molecular formula is C13H12N6S. The van der Waals surface area contributed by atoms with Crippen molar-refractivity contribution in [3.63, 3.8) is 0 Å². The van der Waals surface area contributed by atoms with Crippen molar-refractivity contribution in [2.45, 2.75) is 28.9 Å². The summed E-state index contributed by atoms with van der Waals surface area (Å²) in [6.45, 7) is 0. The number of nitrogen functional groups attached to an aromatic ring is 1. The maximum absolute atomic E-state index is 5.86. The highest BCUT2D eigenvalue weighted by molar-refractivity contribution is 7.99. The van der Waals surface area contributed by atoms with Gasteiger partial charge in [0.05, 0.1) is 0 Å². The highest BCUT2D eigenvalue weighted by Gasteiger charge is 2.27. The lowest BCUT2D eigenvalue weighted by molar-refractivity contribution is 0.873. The molecule has 1 saturated carbocycles. The first-order valence-electron chi connectivity index (χ1n) is 6.42. The molecule has 0 spiro atoms. The molecule has 4 rings (SSSR count). The zero-order chi connectivity index (χ0) is 13.5. The highest BCUT2D eigenvalue weighted by atomic mass is 32.2. The van der Waals surface area contributed by atoms with Gasteiger partial charge in [0.1, 0.15) is 16.7 Å². The van der Waals surface area contributed by atoms with E-state index in [1.165, 1.54) is 11.8 Å². The molecule has 0 aromatic carbocycles. The average Bonchev–Trinajstić information content (AvgIpc) is 3.22. The van der Waals surface area contributed by atoms with Crippen LogP contribution in [0.3, 0.4) is 0 Å². The van der Waals surface area contributed by atoms with Gasteiger partial charge >= 0.3 is 0 Å². The van der Waals surface area contributed by atoms with Gasteiger partial charge in [-0.25, -0.2) is 9.97 Å². The molecule has 1 aliphatic rings. The van der Waals surface area contributed by atoms with Crippen molar-refractivity contribution in [3.05, 3.63) is 36.3 Å². The van der Waals surface area contributed by atoms with Crippen LogP contribution in [0, 0.1) is 0 Å². The summed E-state index contributed by atoms with van der Waals surface area (Å²) in [5, 5.41) is 9.91. The van der Waals surface area contributed by atoms with E-state index >= 15 is 0 Å². The van der Waals surface area contributed by atoms with Crippen molar-refractivity contribution in [2.24, 2.45) is 0 Å². The summed E-state index contributed by atoms with van der Waals surface area (Å²) >= 11 is 1.46. The Labute approximate surface area is 119 Å². The zero-order valence-electron chi connectivity index (χ0n) is 10.6. The molecule has 0 unspecified atom stereocenters. The molecule has 0 aliphatic heterocycles. The standard InChI is InChI=1S/C13H12N6S/c14-9-7-11(16-12(15-9)8-4-5-8)20-13-18-17-10-3-1-2-6-19(10)13/h1-3,6-8H,4-5H2,(H2,14,15,16). The van der Waals surface area contributed by atoms with Crippen LogP contribution in [-0.2, 0) is 0 Å². The first kappa shape index (κ1) is 11.7. The van der Waals surface area contributed by atoms with E-state index in [1.807, 2.05) is 28.8 Å². The van der Waals surface area contributed by atoms with Gasteiger partial charge < -0.3 is 5.73 Å². The van der Waals surface area contributed by atoms with E-state index in [0.29, 0.717) is 11.7 Å². The predicted octanol–water partition coefficient (Wildman–Crippen LogP) is 2.13. The lowest BCUT2D eigenvalue weighted by atomic mass is 10.4. The van der Waals surface area contributed by atoms with Crippen LogP contribution in [0.4, 0.5) is 5.82 Å². The number of fused-ring (bicyclic) bond motifs is 1. The second-order valence-corrected chi connectivity index (χ2v) is 5.76. The van der Waals surface area contributed by atoms with Gasteiger partial charge in [-0.05, 0) is 36.7 Å². The number of aromatic nitrogens is 5. The van der Waals surface area contributed by atoms with Crippen molar-refractivity contribution < 1.29 is 0 Å². The third kappa shape index (κ3) is 2.09. The van der Waals surface area contributed by atoms with Gasteiger partial charge in [-0.1, -0.05) is 6.07 Å². The van der Waals surface area contributed by atoms with Crippen LogP contribution in [0.2, 0.25) is 0 Å². The number of rotatable bonds is 3. The van der Waals surface area contributed by atoms with Gasteiger partial charge in [0.2, 0.25) is 5.16 Å². The minimum Gasteiger partial charge on any atom is -0.384 e. The van der Waals surface area contributed by atoms with Crippen molar-refractivity contribution in [1.29, 1.82) is 0 Å². The Hall–Kier alpha value is -2.15. The van der Waals surface area contributed by atoms with E-state index in [1.54, 1.807) is 6.07 Å². The molecule has 100 valence electrons. The lowest BCUT2D eigenvalue weighted by Gasteiger charge is -2.03. The number of nitrogens with zero attached hydrogens (tertiary/aromatic N) is 5. The smallest absolute Gasteiger partial charge is 0.201 e. The molecule has 1 fully saturated rings. The second kappa shape index (κ2) is 4.45. The maximum atomic E-state index is 5.86. The monoisotopic (exact) mass is 284 g/mol. The molecule has 7 heteroatoms. The van der Waals surface area contributed by atoms with E-state index in [2.05, 4.69) is 20.2 Å². The van der Waals surface area contributed by atoms with Gasteiger partial charge in [0.15, 0.2) is 5.65 Å². The molecule has 3 aromatic rings. The minimum absolute atomic E-state index is 0.480. The molecule has 3 heterocycles. The number of anilines is 1. The fraction of sp³-hybridized carbons (Fsp3) is 0.231. The van der Waals surface area contributed by atoms with Gasteiger partial charge in [-0.15, -0.1) is 10.2 Å². The summed E-state index contributed by atoms with van der Waals surface area (Å²) in [6, 6.07) is 7.58. The third-order valence-corrected chi connectivity index (χ3v) is 4.04. The highest BCUT2D eigenvalue weighted by Crippen LogP contribution is 2.39. The Balaban J connectivity index is 1.71. The van der Waals surface area contributed by atoms with Crippen LogP contribution in [0.25, 0.3) is 5.65 Å². The van der Waals surface area contributed by atoms with Crippen molar-refractivity contribution in [3.8, 4) is 0 Å². The van der Waals surface area contributed by atoms with Crippen molar-refractivity contribution in [2.75, 3.05) is 5.73 Å². The van der Waals surface area contributed by atoms with Gasteiger partial charge in [-0.3, -0.25) is 4.40 Å². The van der Waals surface area contributed by atoms with Crippen LogP contribution in [0.1, 0.15) is 24.6 Å². The van der Waals surface area contributed by atoms with E-state index in [0.717, 1.165) is 34.5 Å². The molecule has 3 aromatic heterocycles. The normalized spacial score (nSPS) is 14.8. The minimum atomic E-state index is 0.480. The molecular weight excluding hydrogens is 272 g/mol. The molecule has 0 bridgehead atoms. The zero-order valence-corrected chi connectivity index (χ0v) is 11.4. The Morgan fingerprint density at radius 1 is 1.20 bits per heavy atom. The Morgan fingerprint density at radius 3 is 2.95 bits per heavy atom. The first-order valence-corrected chi connectivity index (χ1v) is 7.23. The lowest BCUT2D eigenvalue weighted by Crippen LogP contribution is -1.99. The van der Waals surface area contributed by atoms with Crippen LogP contribution < -0.4 is 5.73 Å². The van der Waals surface area contributed by atoms with Gasteiger partial charge in [-0.2, -0.15) is 0 Å². The third-order valence-electron chi connectivity index (χ3n) is 3.16. The quantitative estimate of drug-likeness (QED) is 0.742. The van der Waals surface area contributed by atoms with Gasteiger partial charge in [0.25, 0.3) is 0 Å². The maximum Gasteiger partial charge on any atom is 0.201 e. The van der Waals surface area contributed by atoms with E-state index in [9.17, 15) is 0 Å². The topological polar surface area (TPSA) is 82.0 Å². The summed E-state index contributed by atoms with van der Waals surface area (Å²) in [5.74, 6) is 1.84. The number of pyridine rings is 1. The van der Waals surface area contributed by atoms with Gasteiger partial charge in [0, 0.05) is 18.2 Å². The average molecular weight is 284 g/mol. The molecule has 20 heavy (non-hydrogen) atoms. The molecule has 1 aliphatic carbocycles. The summed E-state index contributed by atoms with van der Waals surface area (Å²) in [5.41, 5.74) is 6.68. The fourth-order valence-electron chi connectivity index (χ4n) is 2.02. The Morgan fingerprint density at radius 2 is 2.10 bits per heavy atom. The number of hydrogen-bond acceptors (Lipinski definition) is 6. The van der Waals surface area contributed by atoms with Crippen LogP contribution in [0.5, 0.6) is 0 Å². The summed E-state index contributed by atoms with van der Waals surface area (Å²) < 4.78 is 1.93. The molecule has 0 amide bonds. The Kier molecular flexibility index (Phi) is 2.59.